The van der Waals surface area contributed by atoms with Crippen molar-refractivity contribution >= 4 is 58.0 Å². The third-order valence-corrected chi connectivity index (χ3v) is 7.47. The molecule has 0 aliphatic rings. The van der Waals surface area contributed by atoms with Gasteiger partial charge in [0.25, 0.3) is 0 Å². The van der Waals surface area contributed by atoms with Crippen molar-refractivity contribution in [1.82, 2.24) is 29.7 Å². The number of rotatable bonds is 21. The molecule has 51 heavy (non-hydrogen) atoms. The zero-order valence-electron chi connectivity index (χ0n) is 27.5. The molecule has 0 saturated heterocycles. The van der Waals surface area contributed by atoms with E-state index in [1.807, 2.05) is 53.4 Å². The first-order chi connectivity index (χ1) is 24.4. The number of benzene rings is 1. The van der Waals surface area contributed by atoms with Gasteiger partial charge in [0.15, 0.2) is 0 Å². The van der Waals surface area contributed by atoms with Crippen LogP contribution in [0.2, 0.25) is 0 Å². The molecule has 17 heteroatoms. The van der Waals surface area contributed by atoms with Crippen molar-refractivity contribution in [3.05, 3.63) is 84.8 Å². The Labute approximate surface area is 292 Å². The number of carboxylic acids is 4. The number of pyridine rings is 3. The first-order valence-electron chi connectivity index (χ1n) is 15.8. The lowest BCUT2D eigenvalue weighted by Gasteiger charge is -2.27. The second-order valence-electron chi connectivity index (χ2n) is 11.5. The van der Waals surface area contributed by atoms with Gasteiger partial charge in [0, 0.05) is 49.6 Å². The van der Waals surface area contributed by atoms with Crippen LogP contribution in [0, 0.1) is 0 Å². The number of hydrogen-bond acceptors (Lipinski definition) is 12. The van der Waals surface area contributed by atoms with E-state index in [2.05, 4.69) is 15.3 Å². The Bertz CT molecular complexity index is 1760. The third kappa shape index (κ3) is 12.7. The maximum Gasteiger partial charge on any atom is 0.317 e. The minimum Gasteiger partial charge on any atom is -0.480 e. The summed E-state index contributed by atoms with van der Waals surface area (Å²) in [5.41, 5.74) is 1.91. The largest absolute Gasteiger partial charge is 0.480 e. The van der Waals surface area contributed by atoms with Gasteiger partial charge < -0.3 is 30.6 Å². The van der Waals surface area contributed by atoms with Crippen LogP contribution in [0.15, 0.2) is 79.1 Å². The molecule has 0 radical (unpaired) electrons. The third-order valence-electron chi connectivity index (χ3n) is 7.47. The molecule has 0 aliphatic carbocycles. The van der Waals surface area contributed by atoms with Crippen LogP contribution in [0.25, 0.3) is 10.9 Å². The summed E-state index contributed by atoms with van der Waals surface area (Å²) in [4.78, 5) is 77.9. The van der Waals surface area contributed by atoms with E-state index in [1.54, 1.807) is 30.6 Å². The summed E-state index contributed by atoms with van der Waals surface area (Å²) in [5, 5.41) is 40.5. The molecule has 0 aliphatic heterocycles. The number of carbonyl (C=O) groups is 5. The van der Waals surface area contributed by atoms with Gasteiger partial charge in [-0.2, -0.15) is 0 Å². The molecule has 17 nitrogen and oxygen atoms in total. The fourth-order valence-electron chi connectivity index (χ4n) is 5.23. The summed E-state index contributed by atoms with van der Waals surface area (Å²) < 4.78 is 0. The molecular formula is C34H38N8O9. The lowest BCUT2D eigenvalue weighted by atomic mass is 10.1. The summed E-state index contributed by atoms with van der Waals surface area (Å²) >= 11 is 0. The highest BCUT2D eigenvalue weighted by Gasteiger charge is 2.20. The number of carboxylic acid groups (broad SMARTS) is 4. The predicted molar refractivity (Wildman–Crippen MR) is 185 cm³/mol. The molecule has 0 bridgehead atoms. The van der Waals surface area contributed by atoms with Crippen molar-refractivity contribution in [3.8, 4) is 0 Å². The lowest BCUT2D eigenvalue weighted by Crippen LogP contribution is -2.46. The Balaban J connectivity index is 1.39. The average Bonchev–Trinajstić information content (AvgIpc) is 3.08. The number of hydrogen-bond donors (Lipinski definition) is 5. The van der Waals surface area contributed by atoms with E-state index in [4.69, 9.17) is 15.2 Å². The average molecular weight is 703 g/mol. The summed E-state index contributed by atoms with van der Waals surface area (Å²) in [5.74, 6) is -3.94. The Hall–Kier alpha value is -6.04. The number of nitrogens with one attached hydrogen (secondary N) is 1. The van der Waals surface area contributed by atoms with Crippen LogP contribution in [-0.2, 0) is 30.5 Å². The topological polar surface area (TPSA) is 230 Å². The quantitative estimate of drug-likeness (QED) is 0.0829. The van der Waals surface area contributed by atoms with Gasteiger partial charge in [0.2, 0.25) is 5.91 Å². The van der Waals surface area contributed by atoms with Crippen molar-refractivity contribution < 1.29 is 44.4 Å². The Kier molecular flexibility index (Phi) is 13.8. The zero-order valence-corrected chi connectivity index (χ0v) is 27.5. The van der Waals surface area contributed by atoms with E-state index in [1.165, 1.54) is 9.80 Å². The fraction of sp³-hybridized carbons (Fsp3) is 0.294. The van der Waals surface area contributed by atoms with Gasteiger partial charge in [0.1, 0.15) is 11.6 Å². The standard InChI is InChI=1S/C34H38N8O9/c43-30(19-40(21-32(46)47)15-13-39(20-31(44)45)14-16-41(22-33(48)49)23-34(50)51)38-25-9-10-27-24(17-25)7-8-26(37-27)18-42(28-5-1-3-11-35-28)29-6-2-4-12-36-29/h1-12,17H,13-16,18-23H2,(H,38,43)(H,44,45)(H,46,47)(H,48,49)(H,50,51). The van der Waals surface area contributed by atoms with Crippen LogP contribution in [0.1, 0.15) is 5.69 Å². The first kappa shape index (κ1) is 37.8. The highest BCUT2D eigenvalue weighted by molar-refractivity contribution is 5.95. The molecule has 1 aromatic carbocycles. The maximum absolute atomic E-state index is 13.0. The van der Waals surface area contributed by atoms with E-state index in [0.29, 0.717) is 29.4 Å². The molecule has 0 atom stereocenters. The van der Waals surface area contributed by atoms with Crippen LogP contribution in [0.4, 0.5) is 17.3 Å². The lowest BCUT2D eigenvalue weighted by molar-refractivity contribution is -0.143. The first-order valence-corrected chi connectivity index (χ1v) is 15.8. The number of nitrogens with zero attached hydrogens (tertiary/aromatic N) is 7. The van der Waals surface area contributed by atoms with Gasteiger partial charge >= 0.3 is 23.9 Å². The molecule has 0 saturated carbocycles. The number of aromatic nitrogens is 3. The molecule has 0 fully saturated rings. The van der Waals surface area contributed by atoms with Crippen molar-refractivity contribution in [2.75, 3.05) is 69.1 Å². The summed E-state index contributed by atoms with van der Waals surface area (Å²) in [7, 11) is 0. The van der Waals surface area contributed by atoms with E-state index in [9.17, 15) is 34.2 Å². The number of carbonyl (C=O) groups excluding carboxylic acids is 1. The zero-order chi connectivity index (χ0) is 36.8. The van der Waals surface area contributed by atoms with Crippen LogP contribution >= 0.6 is 0 Å². The Morgan fingerprint density at radius 1 is 0.588 bits per heavy atom. The number of anilines is 3. The van der Waals surface area contributed by atoms with Gasteiger partial charge in [-0.25, -0.2) is 9.97 Å². The van der Waals surface area contributed by atoms with Gasteiger partial charge in [-0.1, -0.05) is 18.2 Å². The molecule has 5 N–H and O–H groups in total. The summed E-state index contributed by atoms with van der Waals surface area (Å²) in [6.07, 6.45) is 3.41. The highest BCUT2D eigenvalue weighted by Crippen LogP contribution is 2.25. The van der Waals surface area contributed by atoms with Crippen LogP contribution in [0.3, 0.4) is 0 Å². The predicted octanol–water partition coefficient (Wildman–Crippen LogP) is 1.55. The molecule has 268 valence electrons. The molecule has 4 aromatic rings. The minimum absolute atomic E-state index is 0.00285. The van der Waals surface area contributed by atoms with Crippen LogP contribution < -0.4 is 10.2 Å². The number of amides is 1. The molecule has 4 rings (SSSR count). The second kappa shape index (κ2) is 18.6. The van der Waals surface area contributed by atoms with E-state index < -0.39 is 56.0 Å². The van der Waals surface area contributed by atoms with E-state index in [0.717, 1.165) is 16.0 Å². The van der Waals surface area contributed by atoms with Crippen LogP contribution in [0.5, 0.6) is 0 Å². The molecule has 0 unspecified atom stereocenters. The Morgan fingerprint density at radius 2 is 1.10 bits per heavy atom. The van der Waals surface area contributed by atoms with Gasteiger partial charge in [-0.3, -0.25) is 43.7 Å². The van der Waals surface area contributed by atoms with Crippen LogP contribution in [-0.4, -0.2) is 139 Å². The van der Waals surface area contributed by atoms with E-state index >= 15 is 0 Å². The van der Waals surface area contributed by atoms with Crippen molar-refractivity contribution in [2.45, 2.75) is 6.54 Å². The van der Waals surface area contributed by atoms with Gasteiger partial charge in [-0.15, -0.1) is 0 Å². The summed E-state index contributed by atoms with van der Waals surface area (Å²) in [6.45, 7) is -2.05. The number of fused-ring (bicyclic) bond motifs is 1. The van der Waals surface area contributed by atoms with E-state index in [-0.39, 0.29) is 32.7 Å². The molecular weight excluding hydrogens is 664 g/mol. The Morgan fingerprint density at radius 3 is 1.61 bits per heavy atom. The van der Waals surface area contributed by atoms with Crippen molar-refractivity contribution in [2.24, 2.45) is 0 Å². The van der Waals surface area contributed by atoms with Crippen molar-refractivity contribution in [3.63, 3.8) is 0 Å². The highest BCUT2D eigenvalue weighted by atomic mass is 16.4. The smallest absolute Gasteiger partial charge is 0.317 e. The van der Waals surface area contributed by atoms with Crippen molar-refractivity contribution in [1.29, 1.82) is 0 Å². The molecule has 0 spiro atoms. The second-order valence-corrected chi connectivity index (χ2v) is 11.5. The molecule has 1 amide bonds. The summed E-state index contributed by atoms with van der Waals surface area (Å²) in [6, 6.07) is 20.2. The maximum atomic E-state index is 13.0. The molecule has 3 heterocycles. The minimum atomic E-state index is -1.24. The van der Waals surface area contributed by atoms with Gasteiger partial charge in [-0.05, 0) is 48.5 Å². The van der Waals surface area contributed by atoms with Gasteiger partial charge in [0.05, 0.1) is 50.5 Å². The number of aliphatic carboxylic acids is 4. The normalized spacial score (nSPS) is 11.2. The fourth-order valence-corrected chi connectivity index (χ4v) is 5.23. The molecule has 3 aromatic heterocycles. The monoisotopic (exact) mass is 702 g/mol. The SMILES string of the molecule is O=C(O)CN(CCN(CC(=O)O)CC(=O)O)CCN(CC(=O)O)CC(=O)Nc1ccc2nc(CN(c3ccccn3)c3ccccn3)ccc2c1.